The molecule has 0 fully saturated rings. The number of sulfone groups is 3. The Hall–Kier alpha value is -4.90. The summed E-state index contributed by atoms with van der Waals surface area (Å²) in [5.74, 6) is -1.73. The predicted octanol–water partition coefficient (Wildman–Crippen LogP) is 14.9. The van der Waals surface area contributed by atoms with E-state index in [0.29, 0.717) is 49.9 Å². The first-order chi connectivity index (χ1) is 40.6. The number of fused-ring (bicyclic) bond motifs is 2. The number of hydrogen-bond acceptors (Lipinski definition) is 14. The molecule has 4 atom stereocenters. The molecule has 0 aromatic carbocycles. The number of aliphatic carboxylic acids is 1. The first-order valence-electron chi connectivity index (χ1n) is 29.6. The number of sulfonamides is 1. The van der Waals surface area contributed by atoms with Crippen LogP contribution >= 0.6 is 22.7 Å². The van der Waals surface area contributed by atoms with Crippen molar-refractivity contribution < 1.29 is 48.4 Å². The van der Waals surface area contributed by atoms with Gasteiger partial charge in [-0.25, -0.2) is 38.8 Å². The van der Waals surface area contributed by atoms with Gasteiger partial charge in [-0.2, -0.15) is 0 Å². The van der Waals surface area contributed by atoms with E-state index in [1.54, 1.807) is 13.8 Å². The maximum Gasteiger partial charge on any atom is 0.303 e. The number of nitrogens with one attached hydrogen (secondary N) is 2. The van der Waals surface area contributed by atoms with E-state index in [4.69, 9.17) is 10.2 Å². The van der Waals surface area contributed by atoms with Gasteiger partial charge in [0.1, 0.15) is 28.4 Å². The smallest absolute Gasteiger partial charge is 0.303 e. The molecule has 2 aliphatic rings. The van der Waals surface area contributed by atoms with Crippen LogP contribution in [0.5, 0.6) is 0 Å². The molecule has 5 N–H and O–H groups in total. The first kappa shape index (κ1) is 76.2. The Labute approximate surface area is 518 Å². The lowest BCUT2D eigenvalue weighted by Crippen LogP contribution is -2.33. The normalized spacial score (nSPS) is 19.1. The molecule has 2 aliphatic heterocycles. The van der Waals surface area contributed by atoms with Crippen molar-refractivity contribution in [1.82, 2.24) is 10.6 Å². The Morgan fingerprint density at radius 3 is 1.11 bits per heavy atom. The number of hydrogen-bond donors (Lipinski definition) is 4. The van der Waals surface area contributed by atoms with E-state index < -0.39 is 61.8 Å². The van der Waals surface area contributed by atoms with Gasteiger partial charge in [0.25, 0.3) is 0 Å². The SMILES string of the molecule is CC/C=C\C/C=C\C/C=C\C/C=C\C/C=C\C/C=C\CCC(=O)CS(=O)(=O)c1cc2c(s1)S(=O)(=O)[C@@H](C)C[C@@H]2NCC.CC/C=C\C/C=C\C/C=C\C/C=C\C/C=C\C/C=C\CCC(=O)O.CCN[C@H]1C[C@H](C)S(=O)(=O)c2sc(S(N)(=O)=O)cc21. The van der Waals surface area contributed by atoms with Crippen LogP contribution in [0.4, 0.5) is 0 Å². The number of nitrogens with two attached hydrogens (primary N) is 1. The second kappa shape index (κ2) is 42.9. The third-order valence-corrected chi connectivity index (χ3v) is 24.5. The highest BCUT2D eigenvalue weighted by atomic mass is 32.3. The maximum atomic E-state index is 13.0. The largest absolute Gasteiger partial charge is 0.481 e. The van der Waals surface area contributed by atoms with Gasteiger partial charge in [0.2, 0.25) is 10.0 Å². The molecule has 14 nitrogen and oxygen atoms in total. The summed E-state index contributed by atoms with van der Waals surface area (Å²) in [4.78, 5) is 22.7. The first-order valence-corrected chi connectivity index (χ1v) is 37.5. The molecule has 4 heterocycles. The Kier molecular flexibility index (Phi) is 38.4. The van der Waals surface area contributed by atoms with E-state index in [1.807, 2.05) is 38.2 Å². The van der Waals surface area contributed by atoms with Crippen molar-refractivity contribution in [3.05, 3.63) is 169 Å². The lowest BCUT2D eigenvalue weighted by atomic mass is 10.1. The summed E-state index contributed by atoms with van der Waals surface area (Å²) < 4.78 is 98.9. The minimum Gasteiger partial charge on any atom is -0.481 e. The molecule has 0 spiro atoms. The number of rotatable bonds is 36. The average Bonchev–Trinajstić information content (AvgIpc) is 2.92. The van der Waals surface area contributed by atoms with Crippen LogP contribution in [-0.4, -0.2) is 79.9 Å². The van der Waals surface area contributed by atoms with Crippen LogP contribution < -0.4 is 15.8 Å². The van der Waals surface area contributed by atoms with Crippen molar-refractivity contribution in [2.24, 2.45) is 5.14 Å². The third kappa shape index (κ3) is 30.5. The van der Waals surface area contributed by atoms with Crippen LogP contribution in [0.25, 0.3) is 0 Å². The number of thiophene rings is 2. The lowest BCUT2D eigenvalue weighted by Gasteiger charge is -2.27. The standard InChI is InChI=1S/C33H47NO5S3.C22H32O2.C10H16N2O4S3/c1-4-6-7-8-9-10-11-12-13-14-15-16-17-18-19-20-21-22-23-24-29(35)27-41(36,37)32-26-30-31(34-5-2)25-28(3)42(38,39)33(30)40-32;1-2-3-4-5-6-7-8-9-10-11-12-13-14-15-16-17-18-19-20-21-22(23)24;1-3-12-8-4-6(2)18(13,14)10-7(8)5-9(17-10)19(11,15)16/h6-7,9-10,12-13,15-16,18-19,21-22,26,28,31,34H,4-5,8,11,14,17,20,23-25,27H2,1-3H3;3-4,6-7,9-10,12-13,15-16,18-19H,2,5,8,11,14,17,20-21H2,1H3,(H,23,24);5-6,8,12H,3-4H2,1-2H3,(H2,11,15,16)/b7-6-,10-9-,13-12-,16-15-,19-18-,22-21-;4-3-,7-6-,10-9-,13-12-,16-15-,19-18-;/t28-,31-;;6-,8-/m0.0/s1. The molecule has 472 valence electrons. The number of primary sulfonamides is 1. The Morgan fingerprint density at radius 2 is 0.800 bits per heavy atom. The summed E-state index contributed by atoms with van der Waals surface area (Å²) >= 11 is 1.52. The molecule has 0 unspecified atom stereocenters. The van der Waals surface area contributed by atoms with Crippen LogP contribution in [0.2, 0.25) is 0 Å². The van der Waals surface area contributed by atoms with Crippen LogP contribution in [0.1, 0.15) is 180 Å². The molecule has 0 saturated carbocycles. The minimum absolute atomic E-state index is 0.0460. The number of carbonyl (C=O) groups excluding carboxylic acids is 1. The van der Waals surface area contributed by atoms with Crippen molar-refractivity contribution in [2.45, 2.75) is 197 Å². The van der Waals surface area contributed by atoms with Crippen molar-refractivity contribution in [3.63, 3.8) is 0 Å². The summed E-state index contributed by atoms with van der Waals surface area (Å²) in [5.41, 5.74) is 1.03. The molecule has 0 aliphatic carbocycles. The van der Waals surface area contributed by atoms with Gasteiger partial charge < -0.3 is 15.7 Å². The van der Waals surface area contributed by atoms with Gasteiger partial charge in [0.15, 0.2) is 29.5 Å². The lowest BCUT2D eigenvalue weighted by molar-refractivity contribution is -0.136. The third-order valence-electron chi connectivity index (χ3n) is 13.0. The summed E-state index contributed by atoms with van der Waals surface area (Å²) in [6.07, 6.45) is 64.8. The van der Waals surface area contributed by atoms with E-state index in [1.165, 1.54) is 12.1 Å². The quantitative estimate of drug-likeness (QED) is 0.0465. The van der Waals surface area contributed by atoms with E-state index in [-0.39, 0.29) is 47.5 Å². The molecule has 20 heteroatoms. The molecule has 2 aromatic heterocycles. The van der Waals surface area contributed by atoms with Crippen molar-refractivity contribution in [2.75, 3.05) is 18.8 Å². The second-order valence-corrected chi connectivity index (χ2v) is 31.4. The molecule has 0 amide bonds. The summed E-state index contributed by atoms with van der Waals surface area (Å²) in [7, 11) is -14.8. The van der Waals surface area contributed by atoms with Gasteiger partial charge in [-0.05, 0) is 147 Å². The number of ketones is 1. The highest BCUT2D eigenvalue weighted by molar-refractivity contribution is 7.97. The maximum absolute atomic E-state index is 13.0. The highest BCUT2D eigenvalue weighted by Gasteiger charge is 2.41. The molecule has 0 radical (unpaired) electrons. The van der Waals surface area contributed by atoms with Crippen LogP contribution in [0.3, 0.4) is 0 Å². The minimum atomic E-state index is -3.91. The molecular weight excluding hydrogens is 1190 g/mol. The summed E-state index contributed by atoms with van der Waals surface area (Å²) in [6, 6.07) is 2.47. The number of carboxylic acid groups (broad SMARTS) is 1. The van der Waals surface area contributed by atoms with E-state index in [2.05, 4.69) is 146 Å². The molecule has 4 rings (SSSR count). The fourth-order valence-electron chi connectivity index (χ4n) is 8.46. The van der Waals surface area contributed by atoms with E-state index in [9.17, 15) is 43.3 Å². The zero-order valence-corrected chi connectivity index (χ0v) is 55.6. The summed E-state index contributed by atoms with van der Waals surface area (Å²) in [6.45, 7) is 12.7. The number of Topliss-reactive ketones (excluding diaryl/α,β-unsaturated/α-hetero) is 1. The monoisotopic (exact) mass is 1290 g/mol. The van der Waals surface area contributed by atoms with Crippen molar-refractivity contribution >= 4 is 74.0 Å². The van der Waals surface area contributed by atoms with Gasteiger partial charge in [0.05, 0.1) is 10.5 Å². The van der Waals surface area contributed by atoms with E-state index >= 15 is 0 Å². The van der Waals surface area contributed by atoms with Crippen LogP contribution in [0.15, 0.2) is 175 Å². The second-order valence-electron chi connectivity index (χ2n) is 20.2. The van der Waals surface area contributed by atoms with Crippen molar-refractivity contribution in [3.8, 4) is 0 Å². The van der Waals surface area contributed by atoms with E-state index in [0.717, 1.165) is 99.7 Å². The Balaban J connectivity index is 0.000000482. The average molecular weight is 1290 g/mol. The number of carbonyl (C=O) groups is 2. The van der Waals surface area contributed by atoms with Gasteiger partial charge in [-0.1, -0.05) is 174 Å². The molecule has 0 bridgehead atoms. The summed E-state index contributed by atoms with van der Waals surface area (Å²) in [5, 5.41) is 18.9. The Bertz CT molecular complexity index is 3170. The van der Waals surface area contributed by atoms with Crippen LogP contribution in [0, 0.1) is 0 Å². The van der Waals surface area contributed by atoms with Gasteiger partial charge in [-0.15, -0.1) is 22.7 Å². The van der Waals surface area contributed by atoms with Gasteiger partial charge >= 0.3 is 5.97 Å². The van der Waals surface area contributed by atoms with Crippen molar-refractivity contribution in [1.29, 1.82) is 0 Å². The van der Waals surface area contributed by atoms with Crippen LogP contribution in [-0.2, 0) is 49.1 Å². The topological polar surface area (TPSA) is 241 Å². The zero-order valence-electron chi connectivity index (χ0n) is 50.7. The Morgan fingerprint density at radius 1 is 0.506 bits per heavy atom. The fraction of sp³-hybridized carbons (Fsp3) is 0.477. The number of carboxylic acids is 1. The highest BCUT2D eigenvalue weighted by Crippen LogP contribution is 2.44. The molecule has 2 aromatic rings. The zero-order chi connectivity index (χ0) is 63.0. The molecule has 0 saturated heterocycles. The van der Waals surface area contributed by atoms with Gasteiger partial charge in [-0.3, -0.25) is 9.59 Å². The predicted molar refractivity (Wildman–Crippen MR) is 355 cm³/mol. The fourth-order valence-corrected chi connectivity index (χ4v) is 18.2. The molecular formula is C65H95N3O11S6. The number of allylic oxidation sites excluding steroid dienone is 24. The molecule has 85 heavy (non-hydrogen) atoms. The van der Waals surface area contributed by atoms with Gasteiger partial charge in [0, 0.05) is 30.5 Å².